The van der Waals surface area contributed by atoms with Crippen LogP contribution in [0.4, 0.5) is 0 Å². The van der Waals surface area contributed by atoms with Crippen molar-refractivity contribution in [1.82, 2.24) is 9.80 Å². The zero-order valence-electron chi connectivity index (χ0n) is 16.5. The first-order valence-corrected chi connectivity index (χ1v) is 10.7. The van der Waals surface area contributed by atoms with Crippen molar-refractivity contribution in [3.8, 4) is 0 Å². The van der Waals surface area contributed by atoms with Crippen LogP contribution >= 0.6 is 0 Å². The molecule has 2 heterocycles. The first kappa shape index (κ1) is 20.9. The van der Waals surface area contributed by atoms with Gasteiger partial charge in [-0.25, -0.2) is 0 Å². The summed E-state index contributed by atoms with van der Waals surface area (Å²) in [5.41, 5.74) is 0. The number of ether oxygens (including phenoxy) is 2. The average molecular weight is 353 g/mol. The van der Waals surface area contributed by atoms with Gasteiger partial charge in [-0.3, -0.25) is 9.80 Å². The van der Waals surface area contributed by atoms with Gasteiger partial charge in [0.25, 0.3) is 0 Å². The van der Waals surface area contributed by atoms with Gasteiger partial charge in [-0.15, -0.1) is 0 Å². The van der Waals surface area contributed by atoms with Crippen molar-refractivity contribution in [2.45, 2.75) is 70.9 Å². The van der Waals surface area contributed by atoms with E-state index in [-0.39, 0.29) is 0 Å². The first-order chi connectivity index (χ1) is 12.4. The molecule has 2 rings (SSSR count). The molecule has 0 spiro atoms. The monoisotopic (exact) mass is 352 g/mol. The van der Waals surface area contributed by atoms with Crippen molar-refractivity contribution in [1.29, 1.82) is 0 Å². The van der Waals surface area contributed by atoms with Crippen LogP contribution in [-0.4, -0.2) is 68.6 Å². The quantitative estimate of drug-likeness (QED) is 0.390. The summed E-state index contributed by atoms with van der Waals surface area (Å²) in [5, 5.41) is 0. The van der Waals surface area contributed by atoms with Gasteiger partial charge in [-0.2, -0.15) is 0 Å². The molecule has 2 aliphatic heterocycles. The third-order valence-corrected chi connectivity index (χ3v) is 5.37. The Morgan fingerprint density at radius 1 is 0.720 bits per heavy atom. The highest BCUT2D eigenvalue weighted by Gasteiger charge is 2.25. The van der Waals surface area contributed by atoms with Gasteiger partial charge in [-0.05, 0) is 12.8 Å². The highest BCUT2D eigenvalue weighted by molar-refractivity contribution is 4.95. The number of hydrogen-bond donors (Lipinski definition) is 0. The molecule has 0 bridgehead atoms. The van der Waals surface area contributed by atoms with Crippen LogP contribution in [0.1, 0.15) is 64.7 Å². The van der Waals surface area contributed by atoms with Crippen molar-refractivity contribution in [3.63, 3.8) is 0 Å². The Kier molecular flexibility index (Phi) is 11.5. The maximum atomic E-state index is 5.53. The highest BCUT2D eigenvalue weighted by Crippen LogP contribution is 2.14. The lowest BCUT2D eigenvalue weighted by atomic mass is 10.1. The Balaban J connectivity index is 1.64. The van der Waals surface area contributed by atoms with E-state index in [1.54, 1.807) is 0 Å². The van der Waals surface area contributed by atoms with E-state index in [4.69, 9.17) is 9.47 Å². The molecule has 4 nitrogen and oxygen atoms in total. The third kappa shape index (κ3) is 8.67. The highest BCUT2D eigenvalue weighted by atomic mass is 16.5. The number of allylic oxidation sites excluding steroid dienone is 1. The second kappa shape index (κ2) is 13.7. The molecule has 2 aliphatic rings. The van der Waals surface area contributed by atoms with Gasteiger partial charge in [-0.1, -0.05) is 64.0 Å². The summed E-state index contributed by atoms with van der Waals surface area (Å²) in [6.07, 6.45) is 17.7. The SMILES string of the molecule is CCCCCCCCCCC=CC(N1CCOCC1)N1CCOCC1. The van der Waals surface area contributed by atoms with E-state index in [0.717, 1.165) is 52.6 Å². The van der Waals surface area contributed by atoms with Crippen LogP contribution in [0.5, 0.6) is 0 Å². The molecule has 146 valence electrons. The molecule has 0 aliphatic carbocycles. The molecule has 25 heavy (non-hydrogen) atoms. The van der Waals surface area contributed by atoms with Crippen molar-refractivity contribution in [2.24, 2.45) is 0 Å². The smallest absolute Gasteiger partial charge is 0.0818 e. The Labute approximate surface area is 155 Å². The summed E-state index contributed by atoms with van der Waals surface area (Å²) in [7, 11) is 0. The van der Waals surface area contributed by atoms with Gasteiger partial charge < -0.3 is 9.47 Å². The average Bonchev–Trinajstić information content (AvgIpc) is 2.67. The summed E-state index contributed by atoms with van der Waals surface area (Å²) < 4.78 is 11.1. The maximum absolute atomic E-state index is 5.53. The number of rotatable bonds is 12. The molecule has 0 saturated carbocycles. The van der Waals surface area contributed by atoms with E-state index in [2.05, 4.69) is 28.9 Å². The zero-order valence-corrected chi connectivity index (χ0v) is 16.5. The molecule has 0 aromatic rings. The Bertz CT molecular complexity index is 319. The maximum Gasteiger partial charge on any atom is 0.0818 e. The molecule has 0 N–H and O–H groups in total. The third-order valence-electron chi connectivity index (χ3n) is 5.37. The van der Waals surface area contributed by atoms with E-state index < -0.39 is 0 Å². The molecule has 2 saturated heterocycles. The van der Waals surface area contributed by atoms with Crippen LogP contribution in [0.2, 0.25) is 0 Å². The van der Waals surface area contributed by atoms with Gasteiger partial charge in [0.05, 0.1) is 32.6 Å². The van der Waals surface area contributed by atoms with E-state index in [9.17, 15) is 0 Å². The molecular formula is C21H40N2O2. The first-order valence-electron chi connectivity index (χ1n) is 10.7. The Morgan fingerprint density at radius 3 is 1.72 bits per heavy atom. The van der Waals surface area contributed by atoms with Crippen LogP contribution in [0.3, 0.4) is 0 Å². The van der Waals surface area contributed by atoms with Gasteiger partial charge in [0.2, 0.25) is 0 Å². The Hall–Kier alpha value is -0.420. The van der Waals surface area contributed by atoms with E-state index in [1.807, 2.05) is 0 Å². The fourth-order valence-corrected chi connectivity index (χ4v) is 3.77. The standard InChI is InChI=1S/C21H40N2O2/c1-2-3-4-5-6-7-8-9-10-11-12-21(22-13-17-24-18-14-22)23-15-19-25-20-16-23/h11-12,21H,2-10,13-20H2,1H3. The fraction of sp³-hybridized carbons (Fsp3) is 0.905. The number of unbranched alkanes of at least 4 members (excludes halogenated alkanes) is 8. The number of morpholine rings is 2. The van der Waals surface area contributed by atoms with Gasteiger partial charge in [0.15, 0.2) is 0 Å². The van der Waals surface area contributed by atoms with Gasteiger partial charge in [0.1, 0.15) is 0 Å². The molecule has 0 unspecified atom stereocenters. The van der Waals surface area contributed by atoms with Crippen LogP contribution in [-0.2, 0) is 9.47 Å². The van der Waals surface area contributed by atoms with Crippen molar-refractivity contribution >= 4 is 0 Å². The molecule has 0 aromatic carbocycles. The minimum atomic E-state index is 0.432. The fourth-order valence-electron chi connectivity index (χ4n) is 3.77. The summed E-state index contributed by atoms with van der Waals surface area (Å²) in [6, 6.07) is 0. The van der Waals surface area contributed by atoms with Crippen LogP contribution in [0.25, 0.3) is 0 Å². The summed E-state index contributed by atoms with van der Waals surface area (Å²) >= 11 is 0. The van der Waals surface area contributed by atoms with Gasteiger partial charge in [0, 0.05) is 26.2 Å². The molecule has 2 fully saturated rings. The minimum absolute atomic E-state index is 0.432. The lowest BCUT2D eigenvalue weighted by Crippen LogP contribution is -2.54. The molecule has 0 amide bonds. The molecule has 0 aromatic heterocycles. The molecular weight excluding hydrogens is 312 g/mol. The second-order valence-electron chi connectivity index (χ2n) is 7.40. The van der Waals surface area contributed by atoms with Crippen LogP contribution in [0, 0.1) is 0 Å². The summed E-state index contributed by atoms with van der Waals surface area (Å²) in [6.45, 7) is 9.94. The molecule has 0 atom stereocenters. The minimum Gasteiger partial charge on any atom is -0.379 e. The summed E-state index contributed by atoms with van der Waals surface area (Å²) in [4.78, 5) is 5.14. The van der Waals surface area contributed by atoms with Crippen LogP contribution < -0.4 is 0 Å². The Morgan fingerprint density at radius 2 is 1.20 bits per heavy atom. The van der Waals surface area contributed by atoms with E-state index >= 15 is 0 Å². The number of hydrogen-bond acceptors (Lipinski definition) is 4. The molecule has 4 heteroatoms. The second-order valence-corrected chi connectivity index (χ2v) is 7.40. The predicted octanol–water partition coefficient (Wildman–Crippen LogP) is 4.06. The zero-order chi connectivity index (χ0) is 17.6. The normalized spacial score (nSPS) is 20.7. The summed E-state index contributed by atoms with van der Waals surface area (Å²) in [5.74, 6) is 0. The van der Waals surface area contributed by atoms with Crippen molar-refractivity contribution in [3.05, 3.63) is 12.2 Å². The predicted molar refractivity (Wildman–Crippen MR) is 105 cm³/mol. The van der Waals surface area contributed by atoms with Gasteiger partial charge >= 0.3 is 0 Å². The van der Waals surface area contributed by atoms with Crippen molar-refractivity contribution in [2.75, 3.05) is 52.6 Å². The number of nitrogens with zero attached hydrogens (tertiary/aromatic N) is 2. The topological polar surface area (TPSA) is 24.9 Å². The lowest BCUT2D eigenvalue weighted by Gasteiger charge is -2.41. The van der Waals surface area contributed by atoms with E-state index in [0.29, 0.717) is 6.17 Å². The van der Waals surface area contributed by atoms with Crippen LogP contribution in [0.15, 0.2) is 12.2 Å². The largest absolute Gasteiger partial charge is 0.379 e. The molecule has 0 radical (unpaired) electrons. The van der Waals surface area contributed by atoms with Crippen molar-refractivity contribution < 1.29 is 9.47 Å². The lowest BCUT2D eigenvalue weighted by molar-refractivity contribution is -0.0491. The van der Waals surface area contributed by atoms with E-state index in [1.165, 1.54) is 57.8 Å².